The lowest BCUT2D eigenvalue weighted by Gasteiger charge is -2.23. The molecule has 18 heavy (non-hydrogen) atoms. The summed E-state index contributed by atoms with van der Waals surface area (Å²) in [5.41, 5.74) is 0. The Labute approximate surface area is 106 Å². The van der Waals surface area contributed by atoms with E-state index in [-0.39, 0.29) is 24.4 Å². The Balaban J connectivity index is 1.72. The Morgan fingerprint density at radius 2 is 2.22 bits per heavy atom. The average molecular weight is 252 g/mol. The van der Waals surface area contributed by atoms with Crippen LogP contribution in [0.4, 0.5) is 4.39 Å². The predicted molar refractivity (Wildman–Crippen MR) is 65.9 cm³/mol. The van der Waals surface area contributed by atoms with Gasteiger partial charge in [0, 0.05) is 12.6 Å². The molecule has 4 nitrogen and oxygen atoms in total. The summed E-state index contributed by atoms with van der Waals surface area (Å²) in [5, 5.41) is 6.12. The van der Waals surface area contributed by atoms with Gasteiger partial charge in [0.25, 0.3) is 5.91 Å². The molecule has 5 heteroatoms. The molecule has 1 aromatic rings. The summed E-state index contributed by atoms with van der Waals surface area (Å²) >= 11 is 0. The second kappa shape index (κ2) is 6.35. The van der Waals surface area contributed by atoms with E-state index in [1.165, 1.54) is 24.3 Å². The van der Waals surface area contributed by atoms with Crippen LogP contribution < -0.4 is 15.4 Å². The Hall–Kier alpha value is -1.62. The van der Waals surface area contributed by atoms with Crippen molar-refractivity contribution < 1.29 is 13.9 Å². The molecular formula is C13H17FN2O2. The average Bonchev–Trinajstić information content (AvgIpc) is 2.39. The SMILES string of the molecule is O=C(COc1ccc(F)cc1)N[C@H]1CCCNC1. The lowest BCUT2D eigenvalue weighted by molar-refractivity contribution is -0.123. The van der Waals surface area contributed by atoms with Gasteiger partial charge in [-0.3, -0.25) is 4.79 Å². The van der Waals surface area contributed by atoms with Gasteiger partial charge >= 0.3 is 0 Å². The highest BCUT2D eigenvalue weighted by atomic mass is 19.1. The van der Waals surface area contributed by atoms with E-state index in [4.69, 9.17) is 4.74 Å². The van der Waals surface area contributed by atoms with Crippen LogP contribution in [0.5, 0.6) is 5.75 Å². The molecule has 0 saturated carbocycles. The molecule has 1 aromatic carbocycles. The van der Waals surface area contributed by atoms with Gasteiger partial charge in [-0.25, -0.2) is 4.39 Å². The van der Waals surface area contributed by atoms with Gasteiger partial charge in [-0.15, -0.1) is 0 Å². The summed E-state index contributed by atoms with van der Waals surface area (Å²) in [7, 11) is 0. The zero-order valence-electron chi connectivity index (χ0n) is 10.1. The second-order valence-corrected chi connectivity index (χ2v) is 4.35. The number of hydrogen-bond acceptors (Lipinski definition) is 3. The maximum Gasteiger partial charge on any atom is 0.258 e. The van der Waals surface area contributed by atoms with Crippen molar-refractivity contribution in [2.24, 2.45) is 0 Å². The van der Waals surface area contributed by atoms with Gasteiger partial charge in [0.1, 0.15) is 11.6 Å². The molecule has 1 atom stereocenters. The van der Waals surface area contributed by atoms with Crippen LogP contribution in [0.1, 0.15) is 12.8 Å². The van der Waals surface area contributed by atoms with Gasteiger partial charge in [0.05, 0.1) is 0 Å². The molecule has 1 aliphatic rings. The minimum Gasteiger partial charge on any atom is -0.484 e. The van der Waals surface area contributed by atoms with Crippen molar-refractivity contribution in [1.29, 1.82) is 0 Å². The topological polar surface area (TPSA) is 50.4 Å². The maximum atomic E-state index is 12.7. The smallest absolute Gasteiger partial charge is 0.258 e. The number of halogens is 1. The quantitative estimate of drug-likeness (QED) is 0.843. The standard InChI is InChI=1S/C13H17FN2O2/c14-10-3-5-12(6-4-10)18-9-13(17)16-11-2-1-7-15-8-11/h3-6,11,15H,1-2,7-9H2,(H,16,17)/t11-/m0/s1. The first-order chi connectivity index (χ1) is 8.74. The Morgan fingerprint density at radius 3 is 2.89 bits per heavy atom. The monoisotopic (exact) mass is 252 g/mol. The fraction of sp³-hybridized carbons (Fsp3) is 0.462. The number of ether oxygens (including phenoxy) is 1. The van der Waals surface area contributed by atoms with E-state index < -0.39 is 0 Å². The van der Waals surface area contributed by atoms with Crippen molar-refractivity contribution in [2.45, 2.75) is 18.9 Å². The minimum atomic E-state index is -0.319. The molecule has 1 amide bonds. The number of carbonyl (C=O) groups is 1. The van der Waals surface area contributed by atoms with E-state index in [0.717, 1.165) is 25.9 Å². The van der Waals surface area contributed by atoms with Gasteiger partial charge in [0.15, 0.2) is 6.61 Å². The molecule has 0 spiro atoms. The largest absolute Gasteiger partial charge is 0.484 e. The number of nitrogens with one attached hydrogen (secondary N) is 2. The molecule has 1 aliphatic heterocycles. The fourth-order valence-electron chi connectivity index (χ4n) is 1.92. The lowest BCUT2D eigenvalue weighted by atomic mass is 10.1. The predicted octanol–water partition coefficient (Wildman–Crippen LogP) is 1.07. The van der Waals surface area contributed by atoms with Crippen LogP contribution >= 0.6 is 0 Å². The first-order valence-electron chi connectivity index (χ1n) is 6.12. The molecule has 98 valence electrons. The number of benzene rings is 1. The Bertz CT molecular complexity index is 388. The zero-order valence-corrected chi connectivity index (χ0v) is 10.1. The fourth-order valence-corrected chi connectivity index (χ4v) is 1.92. The van der Waals surface area contributed by atoms with Crippen LogP contribution in [0.2, 0.25) is 0 Å². The van der Waals surface area contributed by atoms with Crippen molar-refractivity contribution in [1.82, 2.24) is 10.6 Å². The number of carbonyl (C=O) groups excluding carboxylic acids is 1. The zero-order chi connectivity index (χ0) is 12.8. The highest BCUT2D eigenvalue weighted by molar-refractivity contribution is 5.77. The van der Waals surface area contributed by atoms with Crippen molar-refractivity contribution in [3.63, 3.8) is 0 Å². The van der Waals surface area contributed by atoms with E-state index in [9.17, 15) is 9.18 Å². The number of rotatable bonds is 4. The molecule has 0 aliphatic carbocycles. The summed E-state index contributed by atoms with van der Waals surface area (Å²) in [6, 6.07) is 5.80. The number of amides is 1. The van der Waals surface area contributed by atoms with Gasteiger partial charge in [0.2, 0.25) is 0 Å². The van der Waals surface area contributed by atoms with Crippen LogP contribution in [-0.4, -0.2) is 31.6 Å². The normalized spacial score (nSPS) is 19.3. The third-order valence-corrected chi connectivity index (χ3v) is 2.85. The van der Waals surface area contributed by atoms with Gasteiger partial charge in [-0.05, 0) is 43.7 Å². The molecule has 1 heterocycles. The van der Waals surface area contributed by atoms with Crippen LogP contribution in [0.25, 0.3) is 0 Å². The highest BCUT2D eigenvalue weighted by Gasteiger charge is 2.15. The summed E-state index contributed by atoms with van der Waals surface area (Å²) in [6.45, 7) is 1.78. The van der Waals surface area contributed by atoms with Crippen molar-refractivity contribution in [3.8, 4) is 5.75 Å². The van der Waals surface area contributed by atoms with E-state index in [1.54, 1.807) is 0 Å². The van der Waals surface area contributed by atoms with E-state index in [0.29, 0.717) is 5.75 Å². The third kappa shape index (κ3) is 4.00. The van der Waals surface area contributed by atoms with Crippen LogP contribution in [0, 0.1) is 5.82 Å². The van der Waals surface area contributed by atoms with Crippen molar-refractivity contribution >= 4 is 5.91 Å². The van der Waals surface area contributed by atoms with Crippen molar-refractivity contribution in [3.05, 3.63) is 30.1 Å². The highest BCUT2D eigenvalue weighted by Crippen LogP contribution is 2.10. The maximum absolute atomic E-state index is 12.7. The molecule has 2 N–H and O–H groups in total. The van der Waals surface area contributed by atoms with Gasteiger partial charge in [-0.2, -0.15) is 0 Å². The summed E-state index contributed by atoms with van der Waals surface area (Å²) in [4.78, 5) is 11.6. The third-order valence-electron chi connectivity index (χ3n) is 2.85. The molecule has 0 aromatic heterocycles. The molecule has 1 fully saturated rings. The van der Waals surface area contributed by atoms with E-state index >= 15 is 0 Å². The summed E-state index contributed by atoms with van der Waals surface area (Å²) < 4.78 is 17.9. The first-order valence-corrected chi connectivity index (χ1v) is 6.12. The Kier molecular flexibility index (Phi) is 4.52. The molecular weight excluding hydrogens is 235 g/mol. The van der Waals surface area contributed by atoms with Gasteiger partial charge in [-0.1, -0.05) is 0 Å². The van der Waals surface area contributed by atoms with Gasteiger partial charge < -0.3 is 15.4 Å². The molecule has 2 rings (SSSR count). The summed E-state index contributed by atoms with van der Waals surface area (Å²) in [5.74, 6) is 0.0291. The molecule has 0 unspecified atom stereocenters. The van der Waals surface area contributed by atoms with E-state index in [2.05, 4.69) is 10.6 Å². The molecule has 1 saturated heterocycles. The van der Waals surface area contributed by atoms with Crippen LogP contribution in [0.3, 0.4) is 0 Å². The van der Waals surface area contributed by atoms with E-state index in [1.807, 2.05) is 0 Å². The first kappa shape index (κ1) is 12.8. The minimum absolute atomic E-state index is 0.0396. The molecule has 0 radical (unpaired) electrons. The number of piperidine rings is 1. The van der Waals surface area contributed by atoms with Crippen LogP contribution in [-0.2, 0) is 4.79 Å². The van der Waals surface area contributed by atoms with Crippen LogP contribution in [0.15, 0.2) is 24.3 Å². The number of hydrogen-bond donors (Lipinski definition) is 2. The summed E-state index contributed by atoms with van der Waals surface area (Å²) in [6.07, 6.45) is 2.07. The van der Waals surface area contributed by atoms with Crippen molar-refractivity contribution in [2.75, 3.05) is 19.7 Å². The second-order valence-electron chi connectivity index (χ2n) is 4.35. The lowest BCUT2D eigenvalue weighted by Crippen LogP contribution is -2.46. The Morgan fingerprint density at radius 1 is 1.44 bits per heavy atom. The molecule has 0 bridgehead atoms.